The number of carboxylic acid groups (broad SMARTS) is 1. The molecule has 0 aromatic heterocycles. The third kappa shape index (κ3) is 10.8. The highest BCUT2D eigenvalue weighted by molar-refractivity contribution is 7.98. The number of aliphatic hydroxyl groups is 1. The van der Waals surface area contributed by atoms with E-state index in [2.05, 4.69) is 16.0 Å². The fraction of sp³-hybridized carbons (Fsp3) is 0.778. The zero-order chi connectivity index (χ0) is 23.3. The molecule has 0 saturated carbocycles. The molecule has 0 bridgehead atoms. The first-order chi connectivity index (χ1) is 14.0. The largest absolute Gasteiger partial charge is 0.480 e. The van der Waals surface area contributed by atoms with Gasteiger partial charge in [-0.2, -0.15) is 11.8 Å². The van der Waals surface area contributed by atoms with Gasteiger partial charge >= 0.3 is 5.97 Å². The van der Waals surface area contributed by atoms with Gasteiger partial charge in [0.25, 0.3) is 0 Å². The first kappa shape index (κ1) is 28.1. The molecule has 9 N–H and O–H groups in total. The number of carboxylic acids is 1. The SMILES string of the molecule is CSCCC(NC(=O)C(NC(=O)C(C)N)C(C)O)C(=O)NC(CCCCN)C(=O)O. The highest BCUT2D eigenvalue weighted by Gasteiger charge is 2.31. The number of amides is 3. The second-order valence-corrected chi connectivity index (χ2v) is 8.03. The van der Waals surface area contributed by atoms with Crippen molar-refractivity contribution in [3.8, 4) is 0 Å². The molecule has 0 saturated heterocycles. The van der Waals surface area contributed by atoms with Crippen molar-refractivity contribution in [2.75, 3.05) is 18.6 Å². The number of rotatable bonds is 15. The van der Waals surface area contributed by atoms with E-state index in [1.165, 1.54) is 25.6 Å². The van der Waals surface area contributed by atoms with Crippen LogP contribution in [0, 0.1) is 0 Å². The van der Waals surface area contributed by atoms with Crippen LogP contribution in [0.2, 0.25) is 0 Å². The third-order valence-electron chi connectivity index (χ3n) is 4.28. The maximum atomic E-state index is 12.7. The molecule has 12 heteroatoms. The van der Waals surface area contributed by atoms with Crippen LogP contribution in [0.5, 0.6) is 0 Å². The molecule has 0 aromatic carbocycles. The Kier molecular flexibility index (Phi) is 14.0. The minimum atomic E-state index is -1.31. The quantitative estimate of drug-likeness (QED) is 0.140. The second-order valence-electron chi connectivity index (χ2n) is 7.04. The van der Waals surface area contributed by atoms with E-state index in [-0.39, 0.29) is 12.8 Å². The second kappa shape index (κ2) is 15.0. The van der Waals surface area contributed by atoms with E-state index >= 15 is 0 Å². The topological polar surface area (TPSA) is 197 Å². The minimum Gasteiger partial charge on any atom is -0.480 e. The Bertz CT molecular complexity index is 575. The van der Waals surface area contributed by atoms with E-state index in [1.807, 2.05) is 6.26 Å². The smallest absolute Gasteiger partial charge is 0.326 e. The van der Waals surface area contributed by atoms with E-state index < -0.39 is 54.0 Å². The molecule has 0 aliphatic carbocycles. The van der Waals surface area contributed by atoms with Gasteiger partial charge in [0.15, 0.2) is 0 Å². The first-order valence-corrected chi connectivity index (χ1v) is 11.2. The molecule has 0 rings (SSSR count). The van der Waals surface area contributed by atoms with Crippen LogP contribution in [0.25, 0.3) is 0 Å². The summed E-state index contributed by atoms with van der Waals surface area (Å²) in [4.78, 5) is 48.5. The number of aliphatic carboxylic acids is 1. The molecule has 0 spiro atoms. The van der Waals surface area contributed by atoms with Gasteiger partial charge in [0, 0.05) is 0 Å². The molecule has 5 atom stereocenters. The fourth-order valence-corrected chi connectivity index (χ4v) is 2.95. The number of nitrogens with two attached hydrogens (primary N) is 2. The van der Waals surface area contributed by atoms with Crippen molar-refractivity contribution < 1.29 is 29.4 Å². The van der Waals surface area contributed by atoms with Crippen LogP contribution in [0.4, 0.5) is 0 Å². The average Bonchev–Trinajstić information content (AvgIpc) is 2.67. The van der Waals surface area contributed by atoms with Crippen molar-refractivity contribution in [1.29, 1.82) is 0 Å². The highest BCUT2D eigenvalue weighted by Crippen LogP contribution is 2.06. The number of hydrogen-bond acceptors (Lipinski definition) is 8. The number of carbonyl (C=O) groups excluding carboxylic acids is 3. The van der Waals surface area contributed by atoms with Crippen molar-refractivity contribution in [3.63, 3.8) is 0 Å². The summed E-state index contributed by atoms with van der Waals surface area (Å²) in [5.41, 5.74) is 10.9. The monoisotopic (exact) mass is 449 g/mol. The van der Waals surface area contributed by atoms with Gasteiger partial charge in [0.2, 0.25) is 17.7 Å². The molecule has 174 valence electrons. The number of aliphatic hydroxyl groups excluding tert-OH is 1. The summed E-state index contributed by atoms with van der Waals surface area (Å²) in [7, 11) is 0. The molecule has 0 aliphatic rings. The van der Waals surface area contributed by atoms with Gasteiger partial charge in [0.1, 0.15) is 18.1 Å². The van der Waals surface area contributed by atoms with Gasteiger partial charge in [0.05, 0.1) is 12.1 Å². The lowest BCUT2D eigenvalue weighted by Crippen LogP contribution is -2.59. The van der Waals surface area contributed by atoms with Crippen molar-refractivity contribution in [3.05, 3.63) is 0 Å². The lowest BCUT2D eigenvalue weighted by Gasteiger charge is -2.26. The molecule has 11 nitrogen and oxygen atoms in total. The van der Waals surface area contributed by atoms with Crippen LogP contribution in [0.1, 0.15) is 39.5 Å². The Morgan fingerprint density at radius 1 is 0.933 bits per heavy atom. The molecule has 0 aromatic rings. The van der Waals surface area contributed by atoms with Crippen molar-refractivity contribution in [2.24, 2.45) is 11.5 Å². The van der Waals surface area contributed by atoms with Crippen LogP contribution in [-0.4, -0.2) is 82.7 Å². The fourth-order valence-electron chi connectivity index (χ4n) is 2.48. The predicted octanol–water partition coefficient (Wildman–Crippen LogP) is -1.86. The van der Waals surface area contributed by atoms with Crippen LogP contribution < -0.4 is 27.4 Å². The van der Waals surface area contributed by atoms with Gasteiger partial charge in [-0.1, -0.05) is 0 Å². The highest BCUT2D eigenvalue weighted by atomic mass is 32.2. The predicted molar refractivity (Wildman–Crippen MR) is 115 cm³/mol. The summed E-state index contributed by atoms with van der Waals surface area (Å²) in [6.45, 7) is 3.17. The van der Waals surface area contributed by atoms with E-state index in [0.717, 1.165) is 0 Å². The summed E-state index contributed by atoms with van der Waals surface area (Å²) in [5.74, 6) is -2.71. The van der Waals surface area contributed by atoms with Crippen molar-refractivity contribution >= 4 is 35.5 Å². The van der Waals surface area contributed by atoms with Gasteiger partial charge in [-0.15, -0.1) is 0 Å². The van der Waals surface area contributed by atoms with Gasteiger partial charge in [-0.05, 0) is 58.1 Å². The maximum Gasteiger partial charge on any atom is 0.326 e. The zero-order valence-electron chi connectivity index (χ0n) is 17.7. The van der Waals surface area contributed by atoms with E-state index in [1.54, 1.807) is 0 Å². The first-order valence-electron chi connectivity index (χ1n) is 9.81. The minimum absolute atomic E-state index is 0.211. The Balaban J connectivity index is 5.25. The molecule has 30 heavy (non-hydrogen) atoms. The summed E-state index contributed by atoms with van der Waals surface area (Å²) >= 11 is 1.45. The normalized spacial score (nSPS) is 15.9. The summed E-state index contributed by atoms with van der Waals surface area (Å²) in [5, 5.41) is 26.5. The van der Waals surface area contributed by atoms with Crippen molar-refractivity contribution in [2.45, 2.75) is 69.8 Å². The summed E-state index contributed by atoms with van der Waals surface area (Å²) in [6, 6.07) is -4.34. The maximum absolute atomic E-state index is 12.7. The Labute approximate surface area is 181 Å². The molecular formula is C18H35N5O6S. The van der Waals surface area contributed by atoms with Gasteiger partial charge in [-0.25, -0.2) is 4.79 Å². The lowest BCUT2D eigenvalue weighted by molar-refractivity contribution is -0.142. The number of carbonyl (C=O) groups is 4. The van der Waals surface area contributed by atoms with Gasteiger partial charge < -0.3 is 37.6 Å². The molecular weight excluding hydrogens is 414 g/mol. The lowest BCUT2D eigenvalue weighted by atomic mass is 10.1. The Hall–Kier alpha value is -1.89. The average molecular weight is 450 g/mol. The Morgan fingerprint density at radius 3 is 2.00 bits per heavy atom. The van der Waals surface area contributed by atoms with Crippen molar-refractivity contribution in [1.82, 2.24) is 16.0 Å². The van der Waals surface area contributed by atoms with E-state index in [0.29, 0.717) is 25.1 Å². The number of thioether (sulfide) groups is 1. The molecule has 0 radical (unpaired) electrons. The number of nitrogens with one attached hydrogen (secondary N) is 3. The molecule has 0 heterocycles. The van der Waals surface area contributed by atoms with Crippen LogP contribution in [-0.2, 0) is 19.2 Å². The summed E-state index contributed by atoms with van der Waals surface area (Å²) < 4.78 is 0. The standard InChI is InChI=1S/C18H35N5O6S/c1-10(20)15(25)23-14(11(2)24)17(27)21-12(7-9-30-3)16(26)22-13(18(28)29)6-4-5-8-19/h10-14,24H,4-9,19-20H2,1-3H3,(H,21,27)(H,22,26)(H,23,25)(H,28,29). The molecule has 3 amide bonds. The number of unbranched alkanes of at least 4 members (excludes halogenated alkanes) is 1. The van der Waals surface area contributed by atoms with Crippen LogP contribution in [0.3, 0.4) is 0 Å². The molecule has 0 aliphatic heterocycles. The van der Waals surface area contributed by atoms with E-state index in [4.69, 9.17) is 11.5 Å². The number of hydrogen-bond donors (Lipinski definition) is 7. The van der Waals surface area contributed by atoms with Gasteiger partial charge in [-0.3, -0.25) is 14.4 Å². The van der Waals surface area contributed by atoms with Crippen LogP contribution >= 0.6 is 11.8 Å². The summed E-state index contributed by atoms with van der Waals surface area (Å²) in [6.07, 6.45) is 2.19. The zero-order valence-corrected chi connectivity index (χ0v) is 18.5. The van der Waals surface area contributed by atoms with E-state index in [9.17, 15) is 29.4 Å². The van der Waals surface area contributed by atoms with Crippen LogP contribution in [0.15, 0.2) is 0 Å². The molecule has 0 fully saturated rings. The third-order valence-corrected chi connectivity index (χ3v) is 4.93. The Morgan fingerprint density at radius 2 is 1.53 bits per heavy atom. The molecule has 5 unspecified atom stereocenters.